The normalized spacial score (nSPS) is 13.4. The van der Waals surface area contributed by atoms with Crippen LogP contribution in [0.25, 0.3) is 0 Å². The fraction of sp³-hybridized carbons (Fsp3) is 0.381. The summed E-state index contributed by atoms with van der Waals surface area (Å²) in [7, 11) is 1.26. The Balaban J connectivity index is 1.87. The topological polar surface area (TPSA) is 44.8 Å². The molecule has 0 bridgehead atoms. The average Bonchev–Trinajstić information content (AvgIpc) is 3.47. The van der Waals surface area contributed by atoms with Crippen molar-refractivity contribution in [3.63, 3.8) is 0 Å². The third-order valence-corrected chi connectivity index (χ3v) is 4.69. The average molecular weight is 358 g/mol. The molecule has 0 N–H and O–H groups in total. The van der Waals surface area contributed by atoms with Gasteiger partial charge in [-0.25, -0.2) is 9.18 Å². The number of methoxy groups -OCH3 is 1. The number of ether oxygens (including phenoxy) is 3. The highest BCUT2D eigenvalue weighted by molar-refractivity contribution is 5.65. The van der Waals surface area contributed by atoms with Crippen molar-refractivity contribution in [2.24, 2.45) is 0 Å². The Morgan fingerprint density at radius 2 is 2.00 bits per heavy atom. The Morgan fingerprint density at radius 3 is 2.65 bits per heavy atom. The van der Waals surface area contributed by atoms with E-state index < -0.39 is 6.16 Å². The Bertz CT molecular complexity index is 812. The van der Waals surface area contributed by atoms with E-state index in [1.165, 1.54) is 13.2 Å². The lowest BCUT2D eigenvalue weighted by molar-refractivity contribution is 0.120. The van der Waals surface area contributed by atoms with Crippen LogP contribution in [0.4, 0.5) is 9.18 Å². The summed E-state index contributed by atoms with van der Waals surface area (Å²) < 4.78 is 29.9. The van der Waals surface area contributed by atoms with Gasteiger partial charge in [-0.2, -0.15) is 0 Å². The van der Waals surface area contributed by atoms with Gasteiger partial charge in [0.2, 0.25) is 0 Å². The molecule has 0 spiro atoms. The van der Waals surface area contributed by atoms with E-state index >= 15 is 0 Å². The zero-order valence-electron chi connectivity index (χ0n) is 15.3. The van der Waals surface area contributed by atoms with Gasteiger partial charge in [0.15, 0.2) is 11.6 Å². The van der Waals surface area contributed by atoms with E-state index in [4.69, 9.17) is 9.47 Å². The number of carbonyl (C=O) groups is 1. The SMILES string of the molecule is CCc1cc(F)c(OCc2c(OC(=O)OC)cccc2C2CC2)cc1C. The Labute approximate surface area is 152 Å². The largest absolute Gasteiger partial charge is 0.513 e. The minimum absolute atomic E-state index is 0.126. The summed E-state index contributed by atoms with van der Waals surface area (Å²) >= 11 is 0. The van der Waals surface area contributed by atoms with Crippen molar-refractivity contribution in [3.8, 4) is 11.5 Å². The molecular weight excluding hydrogens is 335 g/mol. The highest BCUT2D eigenvalue weighted by Crippen LogP contribution is 2.44. The molecule has 1 aliphatic carbocycles. The van der Waals surface area contributed by atoms with Crippen molar-refractivity contribution in [3.05, 3.63) is 58.4 Å². The predicted octanol–water partition coefficient (Wildman–Crippen LogP) is 5.30. The summed E-state index contributed by atoms with van der Waals surface area (Å²) in [6.45, 7) is 4.06. The minimum atomic E-state index is -0.784. The Kier molecular flexibility index (Phi) is 5.45. The molecule has 5 heteroatoms. The van der Waals surface area contributed by atoms with E-state index in [1.807, 2.05) is 26.0 Å². The van der Waals surface area contributed by atoms with Gasteiger partial charge in [0.25, 0.3) is 0 Å². The van der Waals surface area contributed by atoms with E-state index in [0.717, 1.165) is 41.5 Å². The lowest BCUT2D eigenvalue weighted by atomic mass is 10.0. The first-order chi connectivity index (χ1) is 12.5. The van der Waals surface area contributed by atoms with Crippen molar-refractivity contribution in [2.45, 2.75) is 45.6 Å². The molecule has 0 unspecified atom stereocenters. The van der Waals surface area contributed by atoms with Gasteiger partial charge >= 0.3 is 6.16 Å². The lowest BCUT2D eigenvalue weighted by Gasteiger charge is -2.16. The van der Waals surface area contributed by atoms with Crippen LogP contribution in [0.3, 0.4) is 0 Å². The van der Waals surface area contributed by atoms with E-state index in [0.29, 0.717) is 11.7 Å². The molecule has 1 fully saturated rings. The summed E-state index contributed by atoms with van der Waals surface area (Å²) in [5.74, 6) is 0.647. The number of halogens is 1. The van der Waals surface area contributed by atoms with Crippen LogP contribution in [0.15, 0.2) is 30.3 Å². The highest BCUT2D eigenvalue weighted by atomic mass is 19.1. The number of carbonyl (C=O) groups excluding carboxylic acids is 1. The second-order valence-electron chi connectivity index (χ2n) is 6.51. The maximum absolute atomic E-state index is 14.3. The predicted molar refractivity (Wildman–Crippen MR) is 96.3 cm³/mol. The monoisotopic (exact) mass is 358 g/mol. The lowest BCUT2D eigenvalue weighted by Crippen LogP contribution is -2.11. The number of hydrogen-bond acceptors (Lipinski definition) is 4. The van der Waals surface area contributed by atoms with Crippen LogP contribution in [0, 0.1) is 12.7 Å². The van der Waals surface area contributed by atoms with E-state index in [9.17, 15) is 9.18 Å². The second-order valence-corrected chi connectivity index (χ2v) is 6.51. The van der Waals surface area contributed by atoms with Gasteiger partial charge in [0, 0.05) is 5.56 Å². The van der Waals surface area contributed by atoms with Gasteiger partial charge < -0.3 is 14.2 Å². The van der Waals surface area contributed by atoms with Crippen molar-refractivity contribution in [2.75, 3.05) is 7.11 Å². The van der Waals surface area contributed by atoms with Crippen LogP contribution < -0.4 is 9.47 Å². The van der Waals surface area contributed by atoms with Crippen LogP contribution in [-0.2, 0) is 17.8 Å². The van der Waals surface area contributed by atoms with Gasteiger partial charge in [-0.15, -0.1) is 0 Å². The van der Waals surface area contributed by atoms with Crippen LogP contribution in [-0.4, -0.2) is 13.3 Å². The summed E-state index contributed by atoms with van der Waals surface area (Å²) in [4.78, 5) is 11.5. The molecule has 3 rings (SSSR count). The van der Waals surface area contributed by atoms with Crippen LogP contribution >= 0.6 is 0 Å². The van der Waals surface area contributed by atoms with Crippen molar-refractivity contribution in [1.82, 2.24) is 0 Å². The smallest absolute Gasteiger partial charge is 0.486 e. The molecule has 1 aliphatic rings. The Morgan fingerprint density at radius 1 is 1.23 bits per heavy atom. The van der Waals surface area contributed by atoms with Crippen LogP contribution in [0.1, 0.15) is 47.9 Å². The molecule has 2 aromatic rings. The van der Waals surface area contributed by atoms with Crippen molar-refractivity contribution >= 4 is 6.16 Å². The summed E-state index contributed by atoms with van der Waals surface area (Å²) in [5.41, 5.74) is 3.79. The van der Waals surface area contributed by atoms with Gasteiger partial charge in [-0.1, -0.05) is 19.1 Å². The Hall–Kier alpha value is -2.56. The zero-order valence-corrected chi connectivity index (χ0v) is 15.3. The van der Waals surface area contributed by atoms with E-state index in [2.05, 4.69) is 4.74 Å². The standard InChI is InChI=1S/C21H23FO4/c1-4-14-11-18(22)20(10-13(14)2)25-12-17-16(15-8-9-15)6-5-7-19(17)26-21(23)24-3/h5-7,10-11,15H,4,8-9,12H2,1-3H3. The molecule has 4 nitrogen and oxygen atoms in total. The number of rotatable bonds is 6. The summed E-state index contributed by atoms with van der Waals surface area (Å²) in [6.07, 6.45) is 2.17. The third-order valence-electron chi connectivity index (χ3n) is 4.69. The fourth-order valence-corrected chi connectivity index (χ4v) is 3.08. The molecule has 1 saturated carbocycles. The molecule has 0 aromatic heterocycles. The molecule has 0 heterocycles. The number of hydrogen-bond donors (Lipinski definition) is 0. The molecule has 0 saturated heterocycles. The summed E-state index contributed by atoms with van der Waals surface area (Å²) in [5, 5.41) is 0. The number of benzene rings is 2. The van der Waals surface area contributed by atoms with E-state index in [1.54, 1.807) is 12.1 Å². The third kappa shape index (κ3) is 3.98. The van der Waals surface area contributed by atoms with Gasteiger partial charge in [0.05, 0.1) is 7.11 Å². The minimum Gasteiger partial charge on any atom is -0.486 e. The molecule has 26 heavy (non-hydrogen) atoms. The van der Waals surface area contributed by atoms with Crippen molar-refractivity contribution < 1.29 is 23.4 Å². The first-order valence-corrected chi connectivity index (χ1v) is 8.82. The maximum atomic E-state index is 14.3. The molecule has 0 amide bonds. The number of aryl methyl sites for hydroxylation is 2. The zero-order chi connectivity index (χ0) is 18.7. The van der Waals surface area contributed by atoms with Crippen LogP contribution in [0.5, 0.6) is 11.5 Å². The van der Waals surface area contributed by atoms with Gasteiger partial charge in [-0.05, 0) is 67.0 Å². The molecule has 0 aliphatic heterocycles. The van der Waals surface area contributed by atoms with Crippen molar-refractivity contribution in [1.29, 1.82) is 0 Å². The first-order valence-electron chi connectivity index (χ1n) is 8.82. The summed E-state index contributed by atoms with van der Waals surface area (Å²) in [6, 6.07) is 8.78. The second kappa shape index (κ2) is 7.77. The molecule has 0 radical (unpaired) electrons. The van der Waals surface area contributed by atoms with Gasteiger partial charge in [-0.3, -0.25) is 0 Å². The first kappa shape index (κ1) is 18.2. The maximum Gasteiger partial charge on any atom is 0.513 e. The molecule has 0 atom stereocenters. The van der Waals surface area contributed by atoms with Gasteiger partial charge in [0.1, 0.15) is 12.4 Å². The molecule has 138 valence electrons. The van der Waals surface area contributed by atoms with E-state index in [-0.39, 0.29) is 18.2 Å². The van der Waals surface area contributed by atoms with Crippen LogP contribution in [0.2, 0.25) is 0 Å². The fourth-order valence-electron chi connectivity index (χ4n) is 3.08. The molecular formula is C21H23FO4. The quantitative estimate of drug-likeness (QED) is 0.519. The molecule has 2 aromatic carbocycles. The highest BCUT2D eigenvalue weighted by Gasteiger charge is 2.28.